The van der Waals surface area contributed by atoms with Gasteiger partial charge in [0.25, 0.3) is 0 Å². The molecule has 0 saturated carbocycles. The minimum Gasteiger partial charge on any atom is -0.478 e. The average molecular weight is 212 g/mol. The van der Waals surface area contributed by atoms with Gasteiger partial charge in [0.15, 0.2) is 4.77 Å². The number of aromatic nitrogens is 2. The van der Waals surface area contributed by atoms with E-state index in [0.29, 0.717) is 15.8 Å². The van der Waals surface area contributed by atoms with Crippen molar-refractivity contribution in [2.75, 3.05) is 0 Å². The molecule has 0 amide bonds. The lowest BCUT2D eigenvalue weighted by Gasteiger charge is -1.96. The average Bonchev–Trinajstić information content (AvgIpc) is 2.42. The van der Waals surface area contributed by atoms with Crippen molar-refractivity contribution >= 4 is 29.2 Å². The van der Waals surface area contributed by atoms with Crippen LogP contribution in [0, 0.1) is 10.6 Å². The number of fused-ring (bicyclic) bond motifs is 1. The Hall–Kier alpha value is -1.69. The number of aromatic amines is 2. The number of halogens is 1. The van der Waals surface area contributed by atoms with Crippen LogP contribution in [0.2, 0.25) is 0 Å². The van der Waals surface area contributed by atoms with Crippen LogP contribution < -0.4 is 0 Å². The minimum atomic E-state index is -1.30. The molecule has 0 radical (unpaired) electrons. The maximum atomic E-state index is 13.1. The van der Waals surface area contributed by atoms with Crippen LogP contribution in [0.15, 0.2) is 12.1 Å². The van der Waals surface area contributed by atoms with Crippen molar-refractivity contribution in [3.63, 3.8) is 0 Å². The number of benzene rings is 1. The second kappa shape index (κ2) is 2.91. The van der Waals surface area contributed by atoms with Crippen LogP contribution in [0.4, 0.5) is 4.39 Å². The summed E-state index contributed by atoms with van der Waals surface area (Å²) in [5.74, 6) is -2.08. The Bertz CT molecular complexity index is 572. The molecule has 0 aliphatic rings. The van der Waals surface area contributed by atoms with Crippen LogP contribution >= 0.6 is 12.2 Å². The highest BCUT2D eigenvalue weighted by Gasteiger charge is 2.12. The van der Waals surface area contributed by atoms with Crippen molar-refractivity contribution in [1.29, 1.82) is 0 Å². The summed E-state index contributed by atoms with van der Waals surface area (Å²) in [5.41, 5.74) is 0.564. The smallest absolute Gasteiger partial charge is 0.338 e. The largest absolute Gasteiger partial charge is 0.478 e. The Morgan fingerprint density at radius 3 is 2.50 bits per heavy atom. The summed E-state index contributed by atoms with van der Waals surface area (Å²) in [4.78, 5) is 16.0. The lowest BCUT2D eigenvalue weighted by atomic mass is 10.2. The number of rotatable bonds is 1. The fourth-order valence-corrected chi connectivity index (χ4v) is 1.44. The van der Waals surface area contributed by atoms with E-state index in [2.05, 4.69) is 9.97 Å². The number of nitrogens with one attached hydrogen (secondary N) is 2. The van der Waals surface area contributed by atoms with Crippen LogP contribution in [0.1, 0.15) is 10.4 Å². The lowest BCUT2D eigenvalue weighted by Crippen LogP contribution is -1.99. The maximum Gasteiger partial charge on any atom is 0.338 e. The van der Waals surface area contributed by atoms with Gasteiger partial charge in [0.1, 0.15) is 5.82 Å². The Kier molecular flexibility index (Phi) is 1.85. The van der Waals surface area contributed by atoms with Crippen molar-refractivity contribution in [3.8, 4) is 0 Å². The van der Waals surface area contributed by atoms with Gasteiger partial charge in [0.05, 0.1) is 16.6 Å². The summed E-state index contributed by atoms with van der Waals surface area (Å²) in [5, 5.41) is 8.64. The number of imidazole rings is 1. The summed E-state index contributed by atoms with van der Waals surface area (Å²) in [7, 11) is 0. The van der Waals surface area contributed by atoms with Crippen molar-refractivity contribution in [1.82, 2.24) is 9.97 Å². The molecule has 6 heteroatoms. The Morgan fingerprint density at radius 1 is 1.36 bits per heavy atom. The molecule has 72 valence electrons. The molecule has 0 saturated heterocycles. The van der Waals surface area contributed by atoms with E-state index in [-0.39, 0.29) is 5.56 Å². The molecule has 14 heavy (non-hydrogen) atoms. The highest BCUT2D eigenvalue weighted by molar-refractivity contribution is 7.71. The Morgan fingerprint density at radius 2 is 1.93 bits per heavy atom. The molecule has 3 N–H and O–H groups in total. The van der Waals surface area contributed by atoms with Crippen LogP contribution in [-0.4, -0.2) is 21.0 Å². The van der Waals surface area contributed by atoms with Gasteiger partial charge in [-0.05, 0) is 18.3 Å². The van der Waals surface area contributed by atoms with E-state index >= 15 is 0 Å². The highest BCUT2D eigenvalue weighted by Crippen LogP contribution is 2.16. The van der Waals surface area contributed by atoms with Crippen LogP contribution in [0.3, 0.4) is 0 Å². The van der Waals surface area contributed by atoms with Crippen LogP contribution in [-0.2, 0) is 0 Å². The molecule has 1 aromatic heterocycles. The number of aromatic carboxylic acids is 1. The van der Waals surface area contributed by atoms with Crippen LogP contribution in [0.5, 0.6) is 0 Å². The summed E-state index contributed by atoms with van der Waals surface area (Å²) in [6.45, 7) is 0. The highest BCUT2D eigenvalue weighted by atomic mass is 32.1. The van der Waals surface area contributed by atoms with Crippen molar-refractivity contribution in [2.24, 2.45) is 0 Å². The standard InChI is InChI=1S/C8H5FN2O2S/c9-4-2-6-5(10-8(14)11-6)1-3(4)7(12)13/h1-2H,(H,12,13)(H2,10,11,14). The predicted octanol–water partition coefficient (Wildman–Crippen LogP) is 2.06. The fourth-order valence-electron chi connectivity index (χ4n) is 1.22. The number of hydrogen-bond acceptors (Lipinski definition) is 2. The van der Waals surface area contributed by atoms with E-state index in [9.17, 15) is 9.18 Å². The van der Waals surface area contributed by atoms with E-state index in [1.807, 2.05) is 0 Å². The van der Waals surface area contributed by atoms with Gasteiger partial charge in [-0.2, -0.15) is 0 Å². The fraction of sp³-hybridized carbons (Fsp3) is 0. The van der Waals surface area contributed by atoms with E-state index in [4.69, 9.17) is 17.3 Å². The molecule has 1 aromatic carbocycles. The molecule has 4 nitrogen and oxygen atoms in total. The third-order valence-corrected chi connectivity index (χ3v) is 2.04. The van der Waals surface area contributed by atoms with Crippen molar-refractivity contribution < 1.29 is 14.3 Å². The Labute approximate surface area is 82.4 Å². The summed E-state index contributed by atoms with van der Waals surface area (Å²) >= 11 is 4.78. The summed E-state index contributed by atoms with van der Waals surface area (Å²) < 4.78 is 13.5. The topological polar surface area (TPSA) is 68.9 Å². The first-order valence-electron chi connectivity index (χ1n) is 3.73. The molecule has 0 spiro atoms. The molecule has 0 fully saturated rings. The third-order valence-electron chi connectivity index (χ3n) is 1.83. The zero-order chi connectivity index (χ0) is 10.3. The zero-order valence-electron chi connectivity index (χ0n) is 6.80. The monoisotopic (exact) mass is 212 g/mol. The summed E-state index contributed by atoms with van der Waals surface area (Å²) in [6.07, 6.45) is 0. The SMILES string of the molecule is O=C(O)c1cc2[nH]c(=S)[nH]c2cc1F. The van der Waals surface area contributed by atoms with E-state index in [1.54, 1.807) is 0 Å². The summed E-state index contributed by atoms with van der Waals surface area (Å²) in [6, 6.07) is 2.31. The molecule has 2 aromatic rings. The van der Waals surface area contributed by atoms with Gasteiger partial charge in [0.2, 0.25) is 0 Å². The molecule has 0 unspecified atom stereocenters. The molecule has 0 bridgehead atoms. The van der Waals surface area contributed by atoms with Gasteiger partial charge >= 0.3 is 5.97 Å². The number of H-pyrrole nitrogens is 2. The lowest BCUT2D eigenvalue weighted by molar-refractivity contribution is 0.0692. The molecule has 1 heterocycles. The molecular weight excluding hydrogens is 207 g/mol. The van der Waals surface area contributed by atoms with Crippen LogP contribution in [0.25, 0.3) is 11.0 Å². The van der Waals surface area contributed by atoms with Crippen molar-refractivity contribution in [3.05, 3.63) is 28.3 Å². The third kappa shape index (κ3) is 1.29. The van der Waals surface area contributed by atoms with Gasteiger partial charge in [-0.1, -0.05) is 0 Å². The first kappa shape index (κ1) is 8.89. The molecule has 0 aliphatic carbocycles. The van der Waals surface area contributed by atoms with Gasteiger partial charge in [-0.15, -0.1) is 0 Å². The normalized spacial score (nSPS) is 10.6. The number of carboxylic acids is 1. The quantitative estimate of drug-likeness (QED) is 0.634. The predicted molar refractivity (Wildman–Crippen MR) is 50.4 cm³/mol. The minimum absolute atomic E-state index is 0.335. The van der Waals surface area contributed by atoms with E-state index < -0.39 is 11.8 Å². The van der Waals surface area contributed by atoms with Gasteiger partial charge < -0.3 is 15.1 Å². The molecular formula is C8H5FN2O2S. The Balaban J connectivity index is 2.82. The molecule has 0 atom stereocenters. The second-order valence-corrected chi connectivity index (χ2v) is 3.17. The van der Waals surface area contributed by atoms with Gasteiger partial charge in [0, 0.05) is 6.07 Å². The molecule has 0 aliphatic heterocycles. The number of carboxylic acid groups (broad SMARTS) is 1. The van der Waals surface area contributed by atoms with Gasteiger partial charge in [-0.3, -0.25) is 0 Å². The number of hydrogen-bond donors (Lipinski definition) is 3. The van der Waals surface area contributed by atoms with E-state index in [0.717, 1.165) is 6.07 Å². The first-order valence-corrected chi connectivity index (χ1v) is 4.13. The van der Waals surface area contributed by atoms with Gasteiger partial charge in [-0.25, -0.2) is 9.18 Å². The second-order valence-electron chi connectivity index (χ2n) is 2.76. The maximum absolute atomic E-state index is 13.1. The molecule has 2 rings (SSSR count). The first-order chi connectivity index (χ1) is 6.58. The van der Waals surface area contributed by atoms with E-state index in [1.165, 1.54) is 6.07 Å². The number of carbonyl (C=O) groups is 1. The zero-order valence-corrected chi connectivity index (χ0v) is 7.61. The van der Waals surface area contributed by atoms with Crippen molar-refractivity contribution in [2.45, 2.75) is 0 Å².